The smallest absolute Gasteiger partial charge is 0.00106 e. The number of allylic oxidation sites excluding steroid dienone is 2. The van der Waals surface area contributed by atoms with Crippen LogP contribution in [0.3, 0.4) is 0 Å². The fourth-order valence-electron chi connectivity index (χ4n) is 4.29. The summed E-state index contributed by atoms with van der Waals surface area (Å²) < 4.78 is 0. The van der Waals surface area contributed by atoms with Gasteiger partial charge in [0.2, 0.25) is 0 Å². The lowest BCUT2D eigenvalue weighted by atomic mass is 9.89. The molecule has 0 amide bonds. The van der Waals surface area contributed by atoms with E-state index >= 15 is 0 Å². The van der Waals surface area contributed by atoms with Gasteiger partial charge in [-0.25, -0.2) is 0 Å². The molecule has 0 saturated heterocycles. The molecule has 0 N–H and O–H groups in total. The van der Waals surface area contributed by atoms with Gasteiger partial charge in [-0.15, -0.1) is 0 Å². The Morgan fingerprint density at radius 3 is 2.41 bits per heavy atom. The van der Waals surface area contributed by atoms with Crippen molar-refractivity contribution in [1.82, 2.24) is 0 Å². The Morgan fingerprint density at radius 1 is 0.727 bits per heavy atom. The number of benzene rings is 2. The predicted molar refractivity (Wildman–Crippen MR) is 95.1 cm³/mol. The SMILES string of the molecule is CC1=C(c2ccc3c(c2C)Cc2ccccc2-3)CCCCC1. The molecule has 0 saturated carbocycles. The van der Waals surface area contributed by atoms with E-state index in [2.05, 4.69) is 50.2 Å². The second kappa shape index (κ2) is 5.43. The molecule has 0 aromatic heterocycles. The molecule has 0 unspecified atom stereocenters. The lowest BCUT2D eigenvalue weighted by molar-refractivity contribution is 0.712. The highest BCUT2D eigenvalue weighted by Crippen LogP contribution is 2.42. The lowest BCUT2D eigenvalue weighted by Crippen LogP contribution is -1.96. The van der Waals surface area contributed by atoms with Crippen LogP contribution in [0.15, 0.2) is 42.0 Å². The monoisotopic (exact) mass is 288 g/mol. The van der Waals surface area contributed by atoms with Crippen molar-refractivity contribution in [2.75, 3.05) is 0 Å². The van der Waals surface area contributed by atoms with E-state index in [1.807, 2.05) is 0 Å². The molecule has 0 bridgehead atoms. The molecule has 0 heteroatoms. The molecule has 2 aliphatic carbocycles. The first-order chi connectivity index (χ1) is 10.8. The van der Waals surface area contributed by atoms with E-state index in [1.54, 1.807) is 16.7 Å². The molecular formula is C22H24. The van der Waals surface area contributed by atoms with Gasteiger partial charge in [-0.3, -0.25) is 0 Å². The van der Waals surface area contributed by atoms with Crippen molar-refractivity contribution in [1.29, 1.82) is 0 Å². The van der Waals surface area contributed by atoms with E-state index in [0.717, 1.165) is 6.42 Å². The van der Waals surface area contributed by atoms with E-state index in [4.69, 9.17) is 0 Å². The maximum atomic E-state index is 2.39. The van der Waals surface area contributed by atoms with Crippen molar-refractivity contribution in [2.45, 2.75) is 52.4 Å². The van der Waals surface area contributed by atoms with Crippen molar-refractivity contribution in [2.24, 2.45) is 0 Å². The Balaban J connectivity index is 1.84. The van der Waals surface area contributed by atoms with Gasteiger partial charge in [-0.2, -0.15) is 0 Å². The third kappa shape index (κ3) is 2.13. The van der Waals surface area contributed by atoms with Crippen LogP contribution in [0.5, 0.6) is 0 Å². The summed E-state index contributed by atoms with van der Waals surface area (Å²) in [5.41, 5.74) is 12.2. The zero-order chi connectivity index (χ0) is 15.1. The molecule has 4 rings (SSSR count). The summed E-state index contributed by atoms with van der Waals surface area (Å²) in [6.45, 7) is 4.69. The number of rotatable bonds is 1. The molecule has 0 fully saturated rings. The second-order valence-corrected chi connectivity index (χ2v) is 6.92. The Labute approximate surface area is 133 Å². The molecule has 2 aromatic carbocycles. The summed E-state index contributed by atoms with van der Waals surface area (Å²) in [7, 11) is 0. The molecule has 22 heavy (non-hydrogen) atoms. The summed E-state index contributed by atoms with van der Waals surface area (Å²) in [5.74, 6) is 0. The Hall–Kier alpha value is -1.82. The van der Waals surface area contributed by atoms with Gasteiger partial charge in [-0.1, -0.05) is 48.4 Å². The van der Waals surface area contributed by atoms with Crippen molar-refractivity contribution in [3.05, 3.63) is 64.2 Å². The van der Waals surface area contributed by atoms with E-state index in [1.165, 1.54) is 59.9 Å². The summed E-state index contributed by atoms with van der Waals surface area (Å²) in [5, 5.41) is 0. The van der Waals surface area contributed by atoms with Crippen LogP contribution in [-0.2, 0) is 6.42 Å². The van der Waals surface area contributed by atoms with E-state index < -0.39 is 0 Å². The lowest BCUT2D eigenvalue weighted by Gasteiger charge is -2.16. The summed E-state index contributed by atoms with van der Waals surface area (Å²) in [6.07, 6.45) is 7.76. The van der Waals surface area contributed by atoms with Crippen LogP contribution in [-0.4, -0.2) is 0 Å². The Bertz CT molecular complexity index is 762. The molecular weight excluding hydrogens is 264 g/mol. The number of hydrogen-bond acceptors (Lipinski definition) is 0. The van der Waals surface area contributed by atoms with Crippen LogP contribution in [0.2, 0.25) is 0 Å². The second-order valence-electron chi connectivity index (χ2n) is 6.92. The standard InChI is InChI=1S/C22H24/c1-15-8-4-3-5-10-18(15)19-12-13-21-20-11-7-6-9-17(20)14-22(21)16(19)2/h6-7,9,11-13H,3-5,8,10,14H2,1-2H3. The third-order valence-corrected chi connectivity index (χ3v) is 5.59. The van der Waals surface area contributed by atoms with Gasteiger partial charge in [0.15, 0.2) is 0 Å². The maximum Gasteiger partial charge on any atom is -0.00106 e. The molecule has 2 aromatic rings. The van der Waals surface area contributed by atoms with Gasteiger partial charge in [0.05, 0.1) is 0 Å². The summed E-state index contributed by atoms with van der Waals surface area (Å²) in [4.78, 5) is 0. The van der Waals surface area contributed by atoms with Crippen LogP contribution >= 0.6 is 0 Å². The van der Waals surface area contributed by atoms with Gasteiger partial charge in [-0.05, 0) is 84.9 Å². The molecule has 0 heterocycles. The summed E-state index contributed by atoms with van der Waals surface area (Å²) in [6, 6.07) is 13.6. The number of hydrogen-bond donors (Lipinski definition) is 0. The molecule has 0 nitrogen and oxygen atoms in total. The van der Waals surface area contributed by atoms with E-state index in [9.17, 15) is 0 Å². The quantitative estimate of drug-likeness (QED) is 0.492. The normalized spacial score (nSPS) is 17.2. The van der Waals surface area contributed by atoms with Crippen LogP contribution in [0.4, 0.5) is 0 Å². The minimum Gasteiger partial charge on any atom is -0.0695 e. The topological polar surface area (TPSA) is 0 Å². The van der Waals surface area contributed by atoms with Crippen molar-refractivity contribution < 1.29 is 0 Å². The highest BCUT2D eigenvalue weighted by molar-refractivity contribution is 5.82. The van der Waals surface area contributed by atoms with E-state index in [-0.39, 0.29) is 0 Å². The average molecular weight is 288 g/mol. The maximum absolute atomic E-state index is 2.39. The van der Waals surface area contributed by atoms with Crippen LogP contribution < -0.4 is 0 Å². The van der Waals surface area contributed by atoms with Crippen molar-refractivity contribution >= 4 is 5.57 Å². The predicted octanol–water partition coefficient (Wildman–Crippen LogP) is 6.30. The highest BCUT2D eigenvalue weighted by Gasteiger charge is 2.22. The van der Waals surface area contributed by atoms with Gasteiger partial charge >= 0.3 is 0 Å². The van der Waals surface area contributed by atoms with Gasteiger partial charge in [0.25, 0.3) is 0 Å². The van der Waals surface area contributed by atoms with Gasteiger partial charge < -0.3 is 0 Å². The first-order valence-electron chi connectivity index (χ1n) is 8.65. The average Bonchev–Trinajstić information content (AvgIpc) is 2.78. The van der Waals surface area contributed by atoms with Crippen LogP contribution in [0.1, 0.15) is 61.3 Å². The molecule has 112 valence electrons. The Kier molecular flexibility index (Phi) is 3.41. The zero-order valence-electron chi connectivity index (χ0n) is 13.7. The van der Waals surface area contributed by atoms with Crippen LogP contribution in [0.25, 0.3) is 16.7 Å². The first-order valence-corrected chi connectivity index (χ1v) is 8.65. The van der Waals surface area contributed by atoms with E-state index in [0.29, 0.717) is 0 Å². The fourth-order valence-corrected chi connectivity index (χ4v) is 4.29. The first kappa shape index (κ1) is 13.8. The third-order valence-electron chi connectivity index (χ3n) is 5.59. The van der Waals surface area contributed by atoms with Crippen molar-refractivity contribution in [3.8, 4) is 11.1 Å². The van der Waals surface area contributed by atoms with Gasteiger partial charge in [0, 0.05) is 0 Å². The Morgan fingerprint density at radius 2 is 1.50 bits per heavy atom. The fraction of sp³-hybridized carbons (Fsp3) is 0.364. The molecule has 0 radical (unpaired) electrons. The van der Waals surface area contributed by atoms with Crippen molar-refractivity contribution in [3.63, 3.8) is 0 Å². The highest BCUT2D eigenvalue weighted by atomic mass is 14.3. The molecule has 0 aliphatic heterocycles. The largest absolute Gasteiger partial charge is 0.0695 e. The minimum absolute atomic E-state index is 1.11. The zero-order valence-corrected chi connectivity index (χ0v) is 13.7. The molecule has 0 spiro atoms. The minimum atomic E-state index is 1.11. The molecule has 0 atom stereocenters. The van der Waals surface area contributed by atoms with Gasteiger partial charge in [0.1, 0.15) is 0 Å². The number of fused-ring (bicyclic) bond motifs is 3. The van der Waals surface area contributed by atoms with Crippen LogP contribution in [0, 0.1) is 6.92 Å². The summed E-state index contributed by atoms with van der Waals surface area (Å²) >= 11 is 0. The molecule has 2 aliphatic rings.